The molecule has 0 spiro atoms. The van der Waals surface area contributed by atoms with E-state index in [0.717, 1.165) is 0 Å². The zero-order chi connectivity index (χ0) is 46.4. The van der Waals surface area contributed by atoms with Gasteiger partial charge in [-0.1, -0.05) is 261 Å². The van der Waals surface area contributed by atoms with Crippen LogP contribution in [0.5, 0.6) is 0 Å². The van der Waals surface area contributed by atoms with Gasteiger partial charge >= 0.3 is 0 Å². The highest BCUT2D eigenvalue weighted by molar-refractivity contribution is 6.23. The van der Waals surface area contributed by atoms with E-state index >= 15 is 0 Å². The molecule has 0 unspecified atom stereocenters. The molecule has 0 N–H and O–H groups in total. The molecule has 0 saturated carbocycles. The fourth-order valence-corrected chi connectivity index (χ4v) is 11.0. The molecule has 0 fully saturated rings. The van der Waals surface area contributed by atoms with Crippen LogP contribution in [-0.4, -0.2) is 0 Å². The summed E-state index contributed by atoms with van der Waals surface area (Å²) in [6.45, 7) is 0. The minimum Gasteiger partial charge on any atom is -0.0622 e. The van der Waals surface area contributed by atoms with Crippen LogP contribution in [0.25, 0.3) is 131 Å². The van der Waals surface area contributed by atoms with E-state index in [1.807, 2.05) is 0 Å². The SMILES string of the molecule is c1ccc(-c2ccc(-c3c4ccccc4c(-c4ccc5ccccc5c4)c4ccccc34)cc2)cc1.c1ccc2cc(-c3c4ccccc4c(-c4ccc5ccccc5c4)c4ccccc34)ccc2c1. The van der Waals surface area contributed by atoms with Crippen LogP contribution < -0.4 is 0 Å². The van der Waals surface area contributed by atoms with Gasteiger partial charge in [0.25, 0.3) is 0 Å². The first-order valence-corrected chi connectivity index (χ1v) is 24.2. The maximum atomic E-state index is 2.33. The van der Waals surface area contributed by atoms with E-state index < -0.39 is 0 Å². The molecule has 0 bridgehead atoms. The normalized spacial score (nSPS) is 11.4. The van der Waals surface area contributed by atoms with E-state index in [4.69, 9.17) is 0 Å². The van der Waals surface area contributed by atoms with Crippen molar-refractivity contribution in [3.63, 3.8) is 0 Å². The van der Waals surface area contributed by atoms with Crippen molar-refractivity contribution in [2.45, 2.75) is 0 Å². The Labute approximate surface area is 408 Å². The van der Waals surface area contributed by atoms with Gasteiger partial charge in [-0.3, -0.25) is 0 Å². The third kappa shape index (κ3) is 7.26. The monoisotopic (exact) mass is 886 g/mol. The number of hydrogen-bond acceptors (Lipinski definition) is 0. The summed E-state index contributed by atoms with van der Waals surface area (Å²) in [5.41, 5.74) is 12.7. The summed E-state index contributed by atoms with van der Waals surface area (Å²) in [6.07, 6.45) is 0. The molecule has 0 nitrogen and oxygen atoms in total. The molecule has 70 heavy (non-hydrogen) atoms. The molecule has 0 aliphatic rings. The molecule has 0 radical (unpaired) electrons. The second-order valence-corrected chi connectivity index (χ2v) is 18.3. The molecule has 14 aromatic carbocycles. The highest BCUT2D eigenvalue weighted by Gasteiger charge is 2.19. The van der Waals surface area contributed by atoms with E-state index in [9.17, 15) is 0 Å². The van der Waals surface area contributed by atoms with Gasteiger partial charge in [-0.2, -0.15) is 0 Å². The molecule has 0 aromatic heterocycles. The fourth-order valence-electron chi connectivity index (χ4n) is 11.0. The van der Waals surface area contributed by atoms with Gasteiger partial charge in [-0.15, -0.1) is 0 Å². The lowest BCUT2D eigenvalue weighted by molar-refractivity contribution is 1.61. The first-order chi connectivity index (χ1) is 34.7. The van der Waals surface area contributed by atoms with Gasteiger partial charge in [0.05, 0.1) is 0 Å². The molecule has 14 aromatic rings. The van der Waals surface area contributed by atoms with Gasteiger partial charge in [-0.25, -0.2) is 0 Å². The summed E-state index contributed by atoms with van der Waals surface area (Å²) in [4.78, 5) is 0. The average molecular weight is 887 g/mol. The van der Waals surface area contributed by atoms with Crippen LogP contribution in [0.3, 0.4) is 0 Å². The summed E-state index contributed by atoms with van der Waals surface area (Å²) >= 11 is 0. The molecule has 0 aliphatic heterocycles. The van der Waals surface area contributed by atoms with Crippen LogP contribution >= 0.6 is 0 Å². The van der Waals surface area contributed by atoms with Crippen LogP contribution in [0.4, 0.5) is 0 Å². The standard InChI is InChI=1S/C36H24.C34H22/c1-2-10-25(11-3-1)27-18-21-28(22-19-27)35-31-14-6-8-16-33(31)36(34-17-9-7-15-32(34)35)30-23-20-26-12-4-5-13-29(26)24-30;1-3-11-25-21-27(19-17-23(25)9-1)33-29-13-5-7-15-31(29)34(32-16-8-6-14-30(32)33)28-20-18-24-10-2-4-12-26(24)22-28/h1-24H;1-22H. The second kappa shape index (κ2) is 17.5. The third-order valence-electron chi connectivity index (χ3n) is 14.3. The molecule has 0 atom stereocenters. The summed E-state index contributed by atoms with van der Waals surface area (Å²) < 4.78 is 0. The van der Waals surface area contributed by atoms with Crippen molar-refractivity contribution in [2.75, 3.05) is 0 Å². The number of benzene rings is 14. The minimum absolute atomic E-state index is 1.24. The lowest BCUT2D eigenvalue weighted by Gasteiger charge is -2.18. The smallest absolute Gasteiger partial charge is 0.00262 e. The molecule has 0 heteroatoms. The van der Waals surface area contributed by atoms with Crippen LogP contribution in [0, 0.1) is 0 Å². The Morgan fingerprint density at radius 1 is 0.129 bits per heavy atom. The number of rotatable bonds is 5. The highest BCUT2D eigenvalue weighted by Crippen LogP contribution is 2.46. The van der Waals surface area contributed by atoms with Gasteiger partial charge in [0.1, 0.15) is 0 Å². The van der Waals surface area contributed by atoms with Crippen LogP contribution in [0.2, 0.25) is 0 Å². The van der Waals surface area contributed by atoms with Gasteiger partial charge in [0, 0.05) is 0 Å². The van der Waals surface area contributed by atoms with E-state index in [1.54, 1.807) is 0 Å². The Hall–Kier alpha value is -9.10. The van der Waals surface area contributed by atoms with Crippen molar-refractivity contribution < 1.29 is 0 Å². The lowest BCUT2D eigenvalue weighted by atomic mass is 9.85. The molecule has 0 amide bonds. The quantitative estimate of drug-likeness (QED) is 0.151. The Kier molecular flexibility index (Phi) is 10.3. The third-order valence-corrected chi connectivity index (χ3v) is 14.3. The van der Waals surface area contributed by atoms with Crippen LogP contribution in [0.1, 0.15) is 0 Å². The lowest BCUT2D eigenvalue weighted by Crippen LogP contribution is -1.91. The van der Waals surface area contributed by atoms with E-state index in [-0.39, 0.29) is 0 Å². The number of fused-ring (bicyclic) bond motifs is 7. The molecule has 0 aliphatic carbocycles. The van der Waals surface area contributed by atoms with Crippen molar-refractivity contribution in [2.24, 2.45) is 0 Å². The van der Waals surface area contributed by atoms with Crippen molar-refractivity contribution in [3.8, 4) is 55.6 Å². The van der Waals surface area contributed by atoms with Crippen molar-refractivity contribution in [3.05, 3.63) is 279 Å². The van der Waals surface area contributed by atoms with E-state index in [1.165, 1.54) is 131 Å². The van der Waals surface area contributed by atoms with Crippen molar-refractivity contribution in [1.29, 1.82) is 0 Å². The predicted octanol–water partition coefficient (Wildman–Crippen LogP) is 19.8. The zero-order valence-electron chi connectivity index (χ0n) is 38.6. The molecular formula is C70H46. The van der Waals surface area contributed by atoms with Gasteiger partial charge in [-0.05, 0) is 149 Å². The van der Waals surface area contributed by atoms with Crippen molar-refractivity contribution >= 4 is 75.4 Å². The molecule has 14 rings (SSSR count). The summed E-state index contributed by atoms with van der Waals surface area (Å²) in [5, 5.41) is 17.9. The highest BCUT2D eigenvalue weighted by atomic mass is 14.2. The van der Waals surface area contributed by atoms with E-state index in [0.29, 0.717) is 0 Å². The van der Waals surface area contributed by atoms with Crippen LogP contribution in [-0.2, 0) is 0 Å². The largest absolute Gasteiger partial charge is 0.0622 e. The second-order valence-electron chi connectivity index (χ2n) is 18.3. The maximum Gasteiger partial charge on any atom is -0.00262 e. The van der Waals surface area contributed by atoms with Gasteiger partial charge in [0.15, 0.2) is 0 Å². The Morgan fingerprint density at radius 3 is 0.657 bits per heavy atom. The Bertz CT molecular complexity index is 4020. The zero-order valence-corrected chi connectivity index (χ0v) is 38.6. The van der Waals surface area contributed by atoms with Crippen molar-refractivity contribution in [1.82, 2.24) is 0 Å². The average Bonchev–Trinajstić information content (AvgIpc) is 3.44. The molecule has 0 heterocycles. The Morgan fingerprint density at radius 2 is 0.343 bits per heavy atom. The first-order valence-electron chi connectivity index (χ1n) is 24.2. The first kappa shape index (κ1) is 41.1. The van der Waals surface area contributed by atoms with Crippen LogP contribution in [0.15, 0.2) is 279 Å². The van der Waals surface area contributed by atoms with E-state index in [2.05, 4.69) is 279 Å². The summed E-state index contributed by atoms with van der Waals surface area (Å²) in [6, 6.07) is 101. The topological polar surface area (TPSA) is 0 Å². The number of hydrogen-bond donors (Lipinski definition) is 0. The molecular weight excluding hydrogens is 841 g/mol. The molecule has 0 saturated heterocycles. The van der Waals surface area contributed by atoms with Gasteiger partial charge < -0.3 is 0 Å². The molecule has 326 valence electrons. The maximum absolute atomic E-state index is 2.33. The summed E-state index contributed by atoms with van der Waals surface area (Å²) in [7, 11) is 0. The summed E-state index contributed by atoms with van der Waals surface area (Å²) in [5.74, 6) is 0. The fraction of sp³-hybridized carbons (Fsp3) is 0. The Balaban J connectivity index is 0.000000137. The minimum atomic E-state index is 1.24. The van der Waals surface area contributed by atoms with Gasteiger partial charge in [0.2, 0.25) is 0 Å². The predicted molar refractivity (Wildman–Crippen MR) is 303 cm³/mol.